The molecule has 0 spiro atoms. The van der Waals surface area contributed by atoms with Crippen molar-refractivity contribution in [2.45, 2.75) is 53.1 Å². The van der Waals surface area contributed by atoms with Crippen molar-refractivity contribution in [2.75, 3.05) is 13.7 Å². The van der Waals surface area contributed by atoms with Crippen molar-refractivity contribution in [1.29, 1.82) is 0 Å². The summed E-state index contributed by atoms with van der Waals surface area (Å²) in [5.41, 5.74) is 6.20. The van der Waals surface area contributed by atoms with Gasteiger partial charge in [-0.3, -0.25) is 4.79 Å². The number of primary amides is 1. The number of nitrogens with one attached hydrogen (secondary N) is 1. The fourth-order valence-electron chi connectivity index (χ4n) is 2.86. The summed E-state index contributed by atoms with van der Waals surface area (Å²) in [7, 11) is 1.54. The van der Waals surface area contributed by atoms with E-state index >= 15 is 0 Å². The van der Waals surface area contributed by atoms with Gasteiger partial charge < -0.3 is 20.5 Å². The number of amides is 1. The standard InChI is InChI=1S/C18H29ClN2O3/c1-17(2,3)11-18(4,5)21-9-12-7-14(23-6)15(8-13(12)19)24-10-16(20)22/h7-8,21H,9-11H2,1-6H3,(H2,20,22). The summed E-state index contributed by atoms with van der Waals surface area (Å²) in [6.07, 6.45) is 1.02. The first-order chi connectivity index (χ1) is 10.9. The van der Waals surface area contributed by atoms with E-state index < -0.39 is 5.91 Å². The van der Waals surface area contributed by atoms with Gasteiger partial charge in [0.2, 0.25) is 0 Å². The molecule has 0 saturated carbocycles. The number of methoxy groups -OCH3 is 1. The zero-order valence-corrected chi connectivity index (χ0v) is 16.2. The summed E-state index contributed by atoms with van der Waals surface area (Å²) < 4.78 is 10.7. The minimum Gasteiger partial charge on any atom is -0.493 e. The third-order valence-corrected chi connectivity index (χ3v) is 3.78. The topological polar surface area (TPSA) is 73.6 Å². The van der Waals surface area contributed by atoms with Gasteiger partial charge in [0, 0.05) is 23.2 Å². The Morgan fingerprint density at radius 1 is 1.21 bits per heavy atom. The van der Waals surface area contributed by atoms with Gasteiger partial charge >= 0.3 is 0 Å². The number of hydrogen-bond acceptors (Lipinski definition) is 4. The van der Waals surface area contributed by atoms with Gasteiger partial charge in [-0.1, -0.05) is 32.4 Å². The van der Waals surface area contributed by atoms with Crippen LogP contribution in [0.4, 0.5) is 0 Å². The predicted molar refractivity (Wildman–Crippen MR) is 97.7 cm³/mol. The molecule has 136 valence electrons. The Balaban J connectivity index is 2.87. The van der Waals surface area contributed by atoms with Crippen molar-refractivity contribution >= 4 is 17.5 Å². The second-order valence-corrected chi connectivity index (χ2v) is 8.23. The van der Waals surface area contributed by atoms with Gasteiger partial charge in [0.05, 0.1) is 7.11 Å². The molecular weight excluding hydrogens is 328 g/mol. The van der Waals surface area contributed by atoms with Gasteiger partial charge in [-0.15, -0.1) is 0 Å². The maximum absolute atomic E-state index is 10.9. The largest absolute Gasteiger partial charge is 0.493 e. The second-order valence-electron chi connectivity index (χ2n) is 7.82. The van der Waals surface area contributed by atoms with Crippen molar-refractivity contribution in [3.8, 4) is 11.5 Å². The Bertz CT molecular complexity index is 580. The highest BCUT2D eigenvalue weighted by Gasteiger charge is 2.25. The van der Waals surface area contributed by atoms with E-state index in [4.69, 9.17) is 26.8 Å². The summed E-state index contributed by atoms with van der Waals surface area (Å²) in [4.78, 5) is 10.9. The van der Waals surface area contributed by atoms with Gasteiger partial charge in [0.15, 0.2) is 18.1 Å². The Morgan fingerprint density at radius 2 is 1.83 bits per heavy atom. The van der Waals surface area contributed by atoms with Crippen LogP contribution in [0.15, 0.2) is 12.1 Å². The number of nitrogens with two attached hydrogens (primary N) is 1. The van der Waals surface area contributed by atoms with Crippen molar-refractivity contribution in [1.82, 2.24) is 5.32 Å². The van der Waals surface area contributed by atoms with Crippen LogP contribution in [0.1, 0.15) is 46.6 Å². The first-order valence-electron chi connectivity index (χ1n) is 7.96. The average Bonchev–Trinajstić information content (AvgIpc) is 2.41. The van der Waals surface area contributed by atoms with E-state index in [0.717, 1.165) is 12.0 Å². The van der Waals surface area contributed by atoms with Crippen LogP contribution in [0.5, 0.6) is 11.5 Å². The number of carbonyl (C=O) groups is 1. The van der Waals surface area contributed by atoms with Crippen LogP contribution in [0.25, 0.3) is 0 Å². The molecule has 3 N–H and O–H groups in total. The number of carbonyl (C=O) groups excluding carboxylic acids is 1. The highest BCUT2D eigenvalue weighted by atomic mass is 35.5. The molecule has 1 rings (SSSR count). The lowest BCUT2D eigenvalue weighted by Crippen LogP contribution is -2.41. The summed E-state index contributed by atoms with van der Waals surface area (Å²) >= 11 is 6.34. The van der Waals surface area contributed by atoms with Crippen LogP contribution >= 0.6 is 11.6 Å². The van der Waals surface area contributed by atoms with Gasteiger partial charge in [0.25, 0.3) is 5.91 Å². The zero-order chi connectivity index (χ0) is 18.5. The number of ether oxygens (including phenoxy) is 2. The quantitative estimate of drug-likeness (QED) is 0.747. The van der Waals surface area contributed by atoms with Crippen LogP contribution in [0.3, 0.4) is 0 Å². The smallest absolute Gasteiger partial charge is 0.255 e. The molecule has 0 fully saturated rings. The molecule has 0 aromatic heterocycles. The molecule has 0 bridgehead atoms. The van der Waals surface area contributed by atoms with Crippen LogP contribution in [0.2, 0.25) is 5.02 Å². The second kappa shape index (κ2) is 8.08. The fraction of sp³-hybridized carbons (Fsp3) is 0.611. The average molecular weight is 357 g/mol. The number of halogens is 1. The van der Waals surface area contributed by atoms with E-state index in [0.29, 0.717) is 23.1 Å². The van der Waals surface area contributed by atoms with Crippen LogP contribution in [-0.2, 0) is 11.3 Å². The first kappa shape index (κ1) is 20.6. The SMILES string of the molecule is COc1cc(CNC(C)(C)CC(C)(C)C)c(Cl)cc1OCC(N)=O. The zero-order valence-electron chi connectivity index (χ0n) is 15.5. The highest BCUT2D eigenvalue weighted by Crippen LogP contribution is 2.34. The number of hydrogen-bond donors (Lipinski definition) is 2. The van der Waals surface area contributed by atoms with Crippen molar-refractivity contribution in [3.05, 3.63) is 22.7 Å². The molecule has 0 saturated heterocycles. The Kier molecular flexibility index (Phi) is 6.93. The lowest BCUT2D eigenvalue weighted by atomic mass is 9.82. The summed E-state index contributed by atoms with van der Waals surface area (Å²) in [6.45, 7) is 11.4. The predicted octanol–water partition coefficient (Wildman–Crippen LogP) is 3.52. The van der Waals surface area contributed by atoms with E-state index in [1.807, 2.05) is 6.07 Å². The highest BCUT2D eigenvalue weighted by molar-refractivity contribution is 6.31. The molecule has 0 heterocycles. The monoisotopic (exact) mass is 356 g/mol. The molecule has 0 aliphatic rings. The summed E-state index contributed by atoms with van der Waals surface area (Å²) in [6, 6.07) is 3.47. The molecule has 1 aromatic rings. The minimum atomic E-state index is -0.553. The maximum atomic E-state index is 10.9. The fourth-order valence-corrected chi connectivity index (χ4v) is 3.08. The third kappa shape index (κ3) is 6.97. The lowest BCUT2D eigenvalue weighted by Gasteiger charge is -2.33. The van der Waals surface area contributed by atoms with E-state index in [-0.39, 0.29) is 17.6 Å². The Hall–Kier alpha value is -1.46. The van der Waals surface area contributed by atoms with Crippen molar-refractivity contribution in [2.24, 2.45) is 11.1 Å². The van der Waals surface area contributed by atoms with Gasteiger partial charge in [-0.2, -0.15) is 0 Å². The molecule has 5 nitrogen and oxygen atoms in total. The van der Waals surface area contributed by atoms with Gasteiger partial charge in [-0.25, -0.2) is 0 Å². The van der Waals surface area contributed by atoms with Gasteiger partial charge in [0.1, 0.15) is 0 Å². The normalized spacial score (nSPS) is 12.1. The minimum absolute atomic E-state index is 0.0318. The molecule has 1 amide bonds. The maximum Gasteiger partial charge on any atom is 0.255 e. The van der Waals surface area contributed by atoms with Crippen LogP contribution in [0, 0.1) is 5.41 Å². The van der Waals surface area contributed by atoms with E-state index in [2.05, 4.69) is 39.9 Å². The summed E-state index contributed by atoms with van der Waals surface area (Å²) in [5, 5.41) is 4.09. The first-order valence-corrected chi connectivity index (χ1v) is 8.34. The third-order valence-electron chi connectivity index (χ3n) is 3.43. The van der Waals surface area contributed by atoms with E-state index in [9.17, 15) is 4.79 Å². The Morgan fingerprint density at radius 3 is 2.33 bits per heavy atom. The molecule has 1 aromatic carbocycles. The van der Waals surface area contributed by atoms with E-state index in [1.165, 1.54) is 0 Å². The molecule has 0 radical (unpaired) electrons. The van der Waals surface area contributed by atoms with Crippen molar-refractivity contribution in [3.63, 3.8) is 0 Å². The van der Waals surface area contributed by atoms with Crippen LogP contribution < -0.4 is 20.5 Å². The molecule has 0 aliphatic heterocycles. The summed E-state index contributed by atoms with van der Waals surface area (Å²) in [5.74, 6) is 0.368. The molecule has 6 heteroatoms. The molecule has 24 heavy (non-hydrogen) atoms. The Labute approximate surface area is 149 Å². The van der Waals surface area contributed by atoms with Gasteiger partial charge in [-0.05, 0) is 37.3 Å². The van der Waals surface area contributed by atoms with Crippen molar-refractivity contribution < 1.29 is 14.3 Å². The number of rotatable bonds is 8. The molecular formula is C18H29ClN2O3. The van der Waals surface area contributed by atoms with Crippen LogP contribution in [-0.4, -0.2) is 25.2 Å². The molecule has 0 unspecified atom stereocenters. The number of benzene rings is 1. The van der Waals surface area contributed by atoms with E-state index in [1.54, 1.807) is 13.2 Å². The molecule has 0 aliphatic carbocycles. The molecule has 0 atom stereocenters. The lowest BCUT2D eigenvalue weighted by molar-refractivity contribution is -0.119.